The van der Waals surface area contributed by atoms with E-state index in [4.69, 9.17) is 0 Å². The van der Waals surface area contributed by atoms with Gasteiger partial charge in [-0.1, -0.05) is 61.7 Å². The Kier molecular flexibility index (Phi) is 5.50. The molecule has 16 heavy (non-hydrogen) atoms. The molecule has 0 bridgehead atoms. The molecular formula is C14H23NSi. The number of rotatable bonds is 6. The lowest BCUT2D eigenvalue weighted by Crippen LogP contribution is -2.17. The lowest BCUT2D eigenvalue weighted by molar-refractivity contribution is 0.695. The topological polar surface area (TPSA) is 12.0 Å². The van der Waals surface area contributed by atoms with Crippen LogP contribution in [0, 0.1) is 0 Å². The smallest absolute Gasteiger partial charge is 0.0682 e. The first-order chi connectivity index (χ1) is 7.58. The fourth-order valence-electron chi connectivity index (χ4n) is 1.45. The molecule has 0 heterocycles. The minimum absolute atomic E-state index is 0.974. The molecule has 0 aliphatic heterocycles. The molecule has 0 saturated carbocycles. The Hall–Kier alpha value is -0.863. The van der Waals surface area contributed by atoms with Crippen molar-refractivity contribution in [3.8, 4) is 0 Å². The van der Waals surface area contributed by atoms with E-state index in [0.29, 0.717) is 0 Å². The molecule has 0 radical (unpaired) electrons. The molecule has 88 valence electrons. The highest BCUT2D eigenvalue weighted by molar-refractivity contribution is 6.80. The van der Waals surface area contributed by atoms with E-state index in [1.54, 1.807) is 0 Å². The van der Waals surface area contributed by atoms with Crippen molar-refractivity contribution in [1.82, 2.24) is 5.32 Å². The zero-order chi connectivity index (χ0) is 11.9. The summed E-state index contributed by atoms with van der Waals surface area (Å²) < 4.78 is 0. The van der Waals surface area contributed by atoms with Gasteiger partial charge >= 0.3 is 0 Å². The Bertz CT molecular complexity index is 311. The summed E-state index contributed by atoms with van der Waals surface area (Å²) in [4.78, 5) is 0. The van der Waals surface area contributed by atoms with Crippen LogP contribution in [0.15, 0.2) is 42.1 Å². The van der Waals surface area contributed by atoms with Gasteiger partial charge < -0.3 is 5.32 Å². The molecule has 0 amide bonds. The predicted molar refractivity (Wildman–Crippen MR) is 75.3 cm³/mol. The van der Waals surface area contributed by atoms with E-state index in [1.165, 1.54) is 5.56 Å². The third-order valence-electron chi connectivity index (χ3n) is 2.28. The summed E-state index contributed by atoms with van der Waals surface area (Å²) in [6, 6.07) is 10.5. The standard InChI is InChI=1S/C14H23NSi/c1-16(2,3)12-8-7-11-15-13-14-9-5-4-6-10-14/h4-6,8-10,12,15H,7,11,13H2,1-3H3/b12-8+. The maximum absolute atomic E-state index is 3.45. The SMILES string of the molecule is C[Si](C)(C)/C=C/CCNCc1ccccc1. The number of benzene rings is 1. The van der Waals surface area contributed by atoms with Crippen LogP contribution in [0.3, 0.4) is 0 Å². The second-order valence-electron chi connectivity index (χ2n) is 5.22. The van der Waals surface area contributed by atoms with Gasteiger partial charge in [0.15, 0.2) is 0 Å². The summed E-state index contributed by atoms with van der Waals surface area (Å²) in [6.45, 7) is 9.13. The van der Waals surface area contributed by atoms with Crippen LogP contribution in [0.5, 0.6) is 0 Å². The molecule has 1 nitrogen and oxygen atoms in total. The predicted octanol–water partition coefficient (Wildman–Crippen LogP) is 3.60. The van der Waals surface area contributed by atoms with Crippen molar-refractivity contribution in [3.05, 3.63) is 47.7 Å². The van der Waals surface area contributed by atoms with Gasteiger partial charge in [-0.05, 0) is 18.5 Å². The Morgan fingerprint density at radius 3 is 2.44 bits per heavy atom. The van der Waals surface area contributed by atoms with Crippen molar-refractivity contribution in [2.75, 3.05) is 6.54 Å². The van der Waals surface area contributed by atoms with Crippen LogP contribution < -0.4 is 5.32 Å². The Morgan fingerprint density at radius 2 is 1.81 bits per heavy atom. The molecule has 0 fully saturated rings. The molecule has 1 aromatic rings. The van der Waals surface area contributed by atoms with E-state index in [-0.39, 0.29) is 0 Å². The molecule has 0 aromatic heterocycles. The van der Waals surface area contributed by atoms with Gasteiger partial charge in [0.2, 0.25) is 0 Å². The van der Waals surface area contributed by atoms with Gasteiger partial charge in [-0.15, -0.1) is 0 Å². The normalized spacial score (nSPS) is 12.2. The van der Waals surface area contributed by atoms with Crippen molar-refractivity contribution < 1.29 is 0 Å². The molecule has 2 heteroatoms. The van der Waals surface area contributed by atoms with Crippen LogP contribution in [0.1, 0.15) is 12.0 Å². The average Bonchev–Trinajstić information content (AvgIpc) is 2.23. The van der Waals surface area contributed by atoms with E-state index >= 15 is 0 Å². The van der Waals surface area contributed by atoms with E-state index in [0.717, 1.165) is 19.5 Å². The van der Waals surface area contributed by atoms with E-state index in [9.17, 15) is 0 Å². The fourth-order valence-corrected chi connectivity index (χ4v) is 2.32. The van der Waals surface area contributed by atoms with Crippen LogP contribution in [0.4, 0.5) is 0 Å². The Morgan fingerprint density at radius 1 is 1.12 bits per heavy atom. The number of hydrogen-bond acceptors (Lipinski definition) is 1. The third kappa shape index (κ3) is 6.59. The maximum atomic E-state index is 3.45. The highest BCUT2D eigenvalue weighted by Gasteiger charge is 2.05. The number of nitrogens with one attached hydrogen (secondary N) is 1. The van der Waals surface area contributed by atoms with Crippen molar-refractivity contribution >= 4 is 8.07 Å². The largest absolute Gasteiger partial charge is 0.312 e. The van der Waals surface area contributed by atoms with Crippen LogP contribution in [-0.4, -0.2) is 14.6 Å². The maximum Gasteiger partial charge on any atom is 0.0682 e. The molecule has 1 aromatic carbocycles. The Labute approximate surface area is 101 Å². The highest BCUT2D eigenvalue weighted by atomic mass is 28.3. The second-order valence-corrected chi connectivity index (χ2v) is 10.3. The summed E-state index contributed by atoms with van der Waals surface area (Å²) in [5, 5.41) is 3.45. The van der Waals surface area contributed by atoms with Gasteiger partial charge in [0.25, 0.3) is 0 Å². The average molecular weight is 233 g/mol. The molecule has 1 rings (SSSR count). The molecule has 0 aliphatic carbocycles. The summed E-state index contributed by atoms with van der Waals surface area (Å²) in [5.74, 6) is 0. The van der Waals surface area contributed by atoms with Gasteiger partial charge in [0, 0.05) is 6.54 Å². The van der Waals surface area contributed by atoms with Crippen LogP contribution in [0.25, 0.3) is 0 Å². The van der Waals surface area contributed by atoms with Gasteiger partial charge in [-0.3, -0.25) is 0 Å². The molecule has 0 aliphatic rings. The van der Waals surface area contributed by atoms with Crippen molar-refractivity contribution in [3.63, 3.8) is 0 Å². The molecule has 0 unspecified atom stereocenters. The van der Waals surface area contributed by atoms with Crippen molar-refractivity contribution in [1.29, 1.82) is 0 Å². The van der Waals surface area contributed by atoms with Gasteiger partial charge in [0.05, 0.1) is 8.07 Å². The zero-order valence-corrected chi connectivity index (χ0v) is 11.7. The fraction of sp³-hybridized carbons (Fsp3) is 0.429. The number of hydrogen-bond donors (Lipinski definition) is 1. The first-order valence-corrected chi connectivity index (χ1v) is 9.58. The molecule has 0 saturated heterocycles. The molecule has 0 spiro atoms. The van der Waals surface area contributed by atoms with Crippen LogP contribution in [0.2, 0.25) is 19.6 Å². The first kappa shape index (κ1) is 13.2. The quantitative estimate of drug-likeness (QED) is 0.585. The summed E-state index contributed by atoms with van der Waals surface area (Å²) in [7, 11) is -0.990. The van der Waals surface area contributed by atoms with E-state index < -0.39 is 8.07 Å². The van der Waals surface area contributed by atoms with Gasteiger partial charge in [-0.2, -0.15) is 0 Å². The molecule has 1 N–H and O–H groups in total. The van der Waals surface area contributed by atoms with Gasteiger partial charge in [-0.25, -0.2) is 0 Å². The lowest BCUT2D eigenvalue weighted by atomic mass is 10.2. The molecule has 0 atom stereocenters. The van der Waals surface area contributed by atoms with Crippen LogP contribution >= 0.6 is 0 Å². The third-order valence-corrected chi connectivity index (χ3v) is 3.51. The van der Waals surface area contributed by atoms with Crippen molar-refractivity contribution in [2.24, 2.45) is 0 Å². The lowest BCUT2D eigenvalue weighted by Gasteiger charge is -2.08. The first-order valence-electron chi connectivity index (χ1n) is 6.00. The summed E-state index contributed by atoms with van der Waals surface area (Å²) in [6.07, 6.45) is 3.46. The van der Waals surface area contributed by atoms with Crippen molar-refractivity contribution in [2.45, 2.75) is 32.6 Å². The van der Waals surface area contributed by atoms with Gasteiger partial charge in [0.1, 0.15) is 0 Å². The second kappa shape index (κ2) is 6.66. The van der Waals surface area contributed by atoms with E-state index in [1.807, 2.05) is 0 Å². The zero-order valence-electron chi connectivity index (χ0n) is 10.7. The molecular weight excluding hydrogens is 210 g/mol. The van der Waals surface area contributed by atoms with Crippen LogP contribution in [-0.2, 0) is 6.54 Å². The highest BCUT2D eigenvalue weighted by Crippen LogP contribution is 2.02. The summed E-state index contributed by atoms with van der Waals surface area (Å²) >= 11 is 0. The minimum Gasteiger partial charge on any atom is -0.312 e. The van der Waals surface area contributed by atoms with E-state index in [2.05, 4.69) is 67.1 Å². The Balaban J connectivity index is 2.11. The minimum atomic E-state index is -0.990. The monoisotopic (exact) mass is 233 g/mol. The summed E-state index contributed by atoms with van der Waals surface area (Å²) in [5.41, 5.74) is 3.77.